The second-order valence-corrected chi connectivity index (χ2v) is 6.46. The highest BCUT2D eigenvalue weighted by Gasteiger charge is 2.11. The van der Waals surface area contributed by atoms with Crippen molar-refractivity contribution in [2.24, 2.45) is 0 Å². The van der Waals surface area contributed by atoms with E-state index < -0.39 is 0 Å². The van der Waals surface area contributed by atoms with Crippen molar-refractivity contribution in [3.05, 3.63) is 54.6 Å². The standard InChI is InChI=1S/C16H15N7O2S/c1-3-13(24-9-1)11-23-16(19-21-22-23)26-10-2-4-14-18-15(20-25-14)12-5-7-17-8-6-12/h1,3,5-9H,2,4,10-11H2. The van der Waals surface area contributed by atoms with Gasteiger partial charge in [-0.3, -0.25) is 4.98 Å². The number of aryl methyl sites for hydroxylation is 1. The minimum absolute atomic E-state index is 0.515. The van der Waals surface area contributed by atoms with E-state index in [9.17, 15) is 0 Å². The molecule has 4 aromatic rings. The van der Waals surface area contributed by atoms with Crippen LogP contribution in [0, 0.1) is 0 Å². The maximum Gasteiger partial charge on any atom is 0.226 e. The Balaban J connectivity index is 1.27. The van der Waals surface area contributed by atoms with Crippen LogP contribution in [0.1, 0.15) is 18.1 Å². The Labute approximate surface area is 152 Å². The summed E-state index contributed by atoms with van der Waals surface area (Å²) in [6.07, 6.45) is 6.61. The summed E-state index contributed by atoms with van der Waals surface area (Å²) >= 11 is 1.59. The topological polar surface area (TPSA) is 109 Å². The molecule has 26 heavy (non-hydrogen) atoms. The maximum atomic E-state index is 5.33. The first-order chi connectivity index (χ1) is 12.9. The molecule has 0 bridgehead atoms. The highest BCUT2D eigenvalue weighted by molar-refractivity contribution is 7.99. The van der Waals surface area contributed by atoms with E-state index in [1.807, 2.05) is 24.3 Å². The highest BCUT2D eigenvalue weighted by Crippen LogP contribution is 2.18. The first-order valence-corrected chi connectivity index (χ1v) is 9.01. The Kier molecular flexibility index (Phi) is 5.01. The number of rotatable bonds is 8. The van der Waals surface area contributed by atoms with Crippen molar-refractivity contribution < 1.29 is 8.94 Å². The van der Waals surface area contributed by atoms with Crippen LogP contribution in [-0.2, 0) is 13.0 Å². The fraction of sp³-hybridized carbons (Fsp3) is 0.250. The van der Waals surface area contributed by atoms with Crippen LogP contribution in [0.25, 0.3) is 11.4 Å². The fourth-order valence-electron chi connectivity index (χ4n) is 2.31. The second-order valence-electron chi connectivity index (χ2n) is 5.40. The molecule has 0 aliphatic rings. The average molecular weight is 369 g/mol. The molecule has 0 atom stereocenters. The van der Waals surface area contributed by atoms with Gasteiger partial charge in [0, 0.05) is 30.1 Å². The SMILES string of the molecule is c1coc(Cn2nnnc2SCCCc2nc(-c3ccncc3)no2)c1. The van der Waals surface area contributed by atoms with Gasteiger partial charge >= 0.3 is 0 Å². The zero-order valence-corrected chi connectivity index (χ0v) is 14.5. The lowest BCUT2D eigenvalue weighted by Gasteiger charge is -2.01. The van der Waals surface area contributed by atoms with Gasteiger partial charge in [-0.05, 0) is 41.1 Å². The molecule has 4 rings (SSSR count). The largest absolute Gasteiger partial charge is 0.467 e. The van der Waals surface area contributed by atoms with Crippen LogP contribution in [0.3, 0.4) is 0 Å². The smallest absolute Gasteiger partial charge is 0.226 e. The third-order valence-electron chi connectivity index (χ3n) is 3.56. The van der Waals surface area contributed by atoms with Gasteiger partial charge in [0.15, 0.2) is 0 Å². The molecule has 4 heterocycles. The lowest BCUT2D eigenvalue weighted by atomic mass is 10.2. The zero-order chi connectivity index (χ0) is 17.6. The zero-order valence-electron chi connectivity index (χ0n) is 13.7. The number of thioether (sulfide) groups is 1. The normalized spacial score (nSPS) is 11.1. The molecule has 0 N–H and O–H groups in total. The maximum absolute atomic E-state index is 5.33. The number of pyridine rings is 1. The third-order valence-corrected chi connectivity index (χ3v) is 4.60. The van der Waals surface area contributed by atoms with E-state index in [0.29, 0.717) is 24.7 Å². The van der Waals surface area contributed by atoms with Gasteiger partial charge in [-0.15, -0.1) is 5.10 Å². The molecule has 0 fully saturated rings. The molecule has 132 valence electrons. The molecule has 9 nitrogen and oxygen atoms in total. The van der Waals surface area contributed by atoms with Gasteiger partial charge < -0.3 is 8.94 Å². The van der Waals surface area contributed by atoms with E-state index in [1.54, 1.807) is 35.1 Å². The number of hydrogen-bond acceptors (Lipinski definition) is 9. The average Bonchev–Trinajstić information content (AvgIpc) is 3.43. The molecule has 4 aromatic heterocycles. The Bertz CT molecular complexity index is 937. The fourth-order valence-corrected chi connectivity index (χ4v) is 3.13. The molecule has 0 aliphatic carbocycles. The van der Waals surface area contributed by atoms with Crippen LogP contribution in [0.2, 0.25) is 0 Å². The predicted molar refractivity (Wildman–Crippen MR) is 92.2 cm³/mol. The van der Waals surface area contributed by atoms with Crippen LogP contribution in [0.5, 0.6) is 0 Å². The van der Waals surface area contributed by atoms with Crippen LogP contribution in [-0.4, -0.2) is 41.1 Å². The minimum Gasteiger partial charge on any atom is -0.467 e. The molecule has 0 aromatic carbocycles. The molecule has 0 saturated carbocycles. The lowest BCUT2D eigenvalue weighted by Crippen LogP contribution is -2.03. The number of hydrogen-bond donors (Lipinski definition) is 0. The van der Waals surface area contributed by atoms with Crippen LogP contribution in [0.4, 0.5) is 0 Å². The monoisotopic (exact) mass is 369 g/mol. The molecule has 0 spiro atoms. The molecule has 0 radical (unpaired) electrons. The molecular formula is C16H15N7O2S. The Morgan fingerprint density at radius 1 is 1.15 bits per heavy atom. The number of furan rings is 1. The summed E-state index contributed by atoms with van der Waals surface area (Å²) in [6, 6.07) is 7.44. The summed E-state index contributed by atoms with van der Waals surface area (Å²) in [4.78, 5) is 8.39. The van der Waals surface area contributed by atoms with Crippen molar-refractivity contribution in [1.82, 2.24) is 35.3 Å². The lowest BCUT2D eigenvalue weighted by molar-refractivity contribution is 0.378. The minimum atomic E-state index is 0.515. The second kappa shape index (κ2) is 7.91. The number of aromatic nitrogens is 7. The molecule has 0 aliphatic heterocycles. The number of nitrogens with zero attached hydrogens (tertiary/aromatic N) is 7. The van der Waals surface area contributed by atoms with E-state index >= 15 is 0 Å². The summed E-state index contributed by atoms with van der Waals surface area (Å²) in [5.74, 6) is 2.85. The van der Waals surface area contributed by atoms with Crippen molar-refractivity contribution in [1.29, 1.82) is 0 Å². The van der Waals surface area contributed by atoms with Gasteiger partial charge in [-0.1, -0.05) is 16.9 Å². The summed E-state index contributed by atoms with van der Waals surface area (Å²) in [6.45, 7) is 0.515. The van der Waals surface area contributed by atoms with E-state index in [4.69, 9.17) is 8.94 Å². The van der Waals surface area contributed by atoms with Gasteiger partial charge in [0.25, 0.3) is 0 Å². The van der Waals surface area contributed by atoms with Crippen LogP contribution >= 0.6 is 11.8 Å². The molecule has 0 saturated heterocycles. The van der Waals surface area contributed by atoms with Crippen molar-refractivity contribution in [3.8, 4) is 11.4 Å². The summed E-state index contributed by atoms with van der Waals surface area (Å²) < 4.78 is 12.3. The summed E-state index contributed by atoms with van der Waals surface area (Å²) in [5.41, 5.74) is 0.890. The van der Waals surface area contributed by atoms with E-state index in [1.165, 1.54) is 0 Å². The van der Waals surface area contributed by atoms with Crippen molar-refractivity contribution in [3.63, 3.8) is 0 Å². The Hall–Kier alpha value is -3.01. The van der Waals surface area contributed by atoms with E-state index in [2.05, 4.69) is 30.7 Å². The first-order valence-electron chi connectivity index (χ1n) is 8.03. The van der Waals surface area contributed by atoms with Gasteiger partial charge in [0.05, 0.1) is 6.26 Å². The number of tetrazole rings is 1. The molecule has 0 unspecified atom stereocenters. The van der Waals surface area contributed by atoms with Crippen molar-refractivity contribution in [2.75, 3.05) is 5.75 Å². The third kappa shape index (κ3) is 3.97. The van der Waals surface area contributed by atoms with Crippen LogP contribution < -0.4 is 0 Å². The predicted octanol–water partition coefficient (Wildman–Crippen LogP) is 2.48. The first kappa shape index (κ1) is 16.5. The Morgan fingerprint density at radius 2 is 2.08 bits per heavy atom. The van der Waals surface area contributed by atoms with Gasteiger partial charge in [0.1, 0.15) is 12.3 Å². The Morgan fingerprint density at radius 3 is 2.92 bits per heavy atom. The van der Waals surface area contributed by atoms with Gasteiger partial charge in [0.2, 0.25) is 16.9 Å². The van der Waals surface area contributed by atoms with Gasteiger partial charge in [-0.2, -0.15) is 4.98 Å². The molecule has 0 amide bonds. The van der Waals surface area contributed by atoms with Crippen molar-refractivity contribution in [2.45, 2.75) is 24.5 Å². The van der Waals surface area contributed by atoms with Crippen LogP contribution in [0.15, 0.2) is 57.0 Å². The highest BCUT2D eigenvalue weighted by atomic mass is 32.2. The molecule has 10 heteroatoms. The van der Waals surface area contributed by atoms with Gasteiger partial charge in [-0.25, -0.2) is 4.68 Å². The quantitative estimate of drug-likeness (QED) is 0.342. The van der Waals surface area contributed by atoms with E-state index in [-0.39, 0.29) is 0 Å². The molecular weight excluding hydrogens is 354 g/mol. The summed E-state index contributed by atoms with van der Waals surface area (Å²) in [5, 5.41) is 16.5. The summed E-state index contributed by atoms with van der Waals surface area (Å²) in [7, 11) is 0. The van der Waals surface area contributed by atoms with E-state index in [0.717, 1.165) is 28.7 Å². The van der Waals surface area contributed by atoms with Crippen molar-refractivity contribution >= 4 is 11.8 Å².